The van der Waals surface area contributed by atoms with Gasteiger partial charge in [-0.15, -0.1) is 0 Å². The highest BCUT2D eigenvalue weighted by molar-refractivity contribution is 7.90. The number of pyridine rings is 1. The first-order valence-electron chi connectivity index (χ1n) is 8.34. The Morgan fingerprint density at radius 1 is 1.04 bits per heavy atom. The van der Waals surface area contributed by atoms with E-state index in [0.717, 1.165) is 22.0 Å². The minimum atomic E-state index is -3.60. The third-order valence-electron chi connectivity index (χ3n) is 4.36. The molecule has 27 heavy (non-hydrogen) atoms. The third-order valence-corrected chi connectivity index (χ3v) is 6.74. The second-order valence-electron chi connectivity index (χ2n) is 6.17. The lowest BCUT2D eigenvalue weighted by Crippen LogP contribution is -2.07. The molecular weight excluding hydrogens is 378 g/mol. The lowest BCUT2D eigenvalue weighted by atomic mass is 10.1. The number of para-hydroxylation sites is 1. The van der Waals surface area contributed by atoms with Crippen LogP contribution >= 0.6 is 11.3 Å². The molecule has 6 heteroatoms. The molecule has 0 amide bonds. The fourth-order valence-electron chi connectivity index (χ4n) is 3.02. The molecule has 0 spiro atoms. The van der Waals surface area contributed by atoms with Crippen LogP contribution in [0.15, 0.2) is 76.4 Å². The molecule has 0 bridgehead atoms. The molecule has 136 valence electrons. The van der Waals surface area contributed by atoms with Gasteiger partial charge in [-0.2, -0.15) is 11.3 Å². The van der Waals surface area contributed by atoms with Gasteiger partial charge >= 0.3 is 0 Å². The quantitative estimate of drug-likeness (QED) is 0.480. The molecule has 0 atom stereocenters. The summed E-state index contributed by atoms with van der Waals surface area (Å²) in [6.07, 6.45) is 1.62. The Morgan fingerprint density at radius 3 is 2.67 bits per heavy atom. The maximum absolute atomic E-state index is 13.1. The second kappa shape index (κ2) is 7.13. The molecule has 0 radical (unpaired) electrons. The Labute approximate surface area is 162 Å². The largest absolute Gasteiger partial charge is 0.495 e. The molecule has 0 unspecified atom stereocenters. The van der Waals surface area contributed by atoms with Crippen molar-refractivity contribution >= 4 is 32.1 Å². The second-order valence-corrected chi connectivity index (χ2v) is 8.91. The van der Waals surface area contributed by atoms with Crippen molar-refractivity contribution in [1.82, 2.24) is 4.98 Å². The van der Waals surface area contributed by atoms with Crippen LogP contribution in [0.5, 0.6) is 5.75 Å². The minimum absolute atomic E-state index is 0.131. The number of benzene rings is 2. The molecule has 0 N–H and O–H groups in total. The molecule has 0 fully saturated rings. The predicted octanol–water partition coefficient (Wildman–Crippen LogP) is 4.95. The summed E-state index contributed by atoms with van der Waals surface area (Å²) in [5, 5.41) is 4.88. The third kappa shape index (κ3) is 3.59. The summed E-state index contributed by atoms with van der Waals surface area (Å²) in [6, 6.07) is 16.8. The van der Waals surface area contributed by atoms with Crippen LogP contribution in [0.25, 0.3) is 22.0 Å². The normalized spacial score (nSPS) is 11.6. The van der Waals surface area contributed by atoms with Gasteiger partial charge in [0, 0.05) is 11.6 Å². The number of thiophene rings is 1. The topological polar surface area (TPSA) is 56.3 Å². The summed E-state index contributed by atoms with van der Waals surface area (Å²) in [4.78, 5) is 4.56. The Kier molecular flexibility index (Phi) is 4.68. The first-order valence-corrected chi connectivity index (χ1v) is 10.9. The van der Waals surface area contributed by atoms with Gasteiger partial charge in [0.05, 0.1) is 18.4 Å². The number of hydrogen-bond acceptors (Lipinski definition) is 5. The van der Waals surface area contributed by atoms with Gasteiger partial charge in [0.15, 0.2) is 9.84 Å². The van der Waals surface area contributed by atoms with Crippen molar-refractivity contribution in [2.24, 2.45) is 0 Å². The molecule has 0 aliphatic heterocycles. The molecule has 2 aromatic carbocycles. The fourth-order valence-corrected chi connectivity index (χ4v) is 5.20. The molecule has 0 saturated heterocycles. The van der Waals surface area contributed by atoms with Gasteiger partial charge in [-0.1, -0.05) is 24.3 Å². The van der Waals surface area contributed by atoms with E-state index in [1.165, 1.54) is 7.11 Å². The summed E-state index contributed by atoms with van der Waals surface area (Å²) < 4.78 is 31.6. The Morgan fingerprint density at radius 2 is 1.89 bits per heavy atom. The van der Waals surface area contributed by atoms with E-state index in [9.17, 15) is 8.42 Å². The number of hydrogen-bond donors (Lipinski definition) is 0. The highest BCUT2D eigenvalue weighted by Crippen LogP contribution is 2.32. The highest BCUT2D eigenvalue weighted by atomic mass is 32.2. The highest BCUT2D eigenvalue weighted by Gasteiger charge is 2.22. The minimum Gasteiger partial charge on any atom is -0.495 e. The smallest absolute Gasteiger partial charge is 0.186 e. The van der Waals surface area contributed by atoms with E-state index in [0.29, 0.717) is 11.3 Å². The number of rotatable bonds is 5. The summed E-state index contributed by atoms with van der Waals surface area (Å²) in [5.41, 5.74) is 3.34. The lowest BCUT2D eigenvalue weighted by molar-refractivity contribution is 0.403. The van der Waals surface area contributed by atoms with Crippen LogP contribution in [-0.2, 0) is 15.6 Å². The molecule has 4 nitrogen and oxygen atoms in total. The van der Waals surface area contributed by atoms with E-state index >= 15 is 0 Å². The van der Waals surface area contributed by atoms with Gasteiger partial charge < -0.3 is 4.74 Å². The number of sulfone groups is 1. The van der Waals surface area contributed by atoms with Crippen LogP contribution in [0.1, 0.15) is 5.56 Å². The number of methoxy groups -OCH3 is 1. The number of ether oxygens (including phenoxy) is 1. The molecule has 0 saturated carbocycles. The van der Waals surface area contributed by atoms with E-state index in [4.69, 9.17) is 4.74 Å². The van der Waals surface area contributed by atoms with Gasteiger partial charge in [0.25, 0.3) is 0 Å². The first kappa shape index (κ1) is 17.7. The van der Waals surface area contributed by atoms with Crippen LogP contribution in [0.3, 0.4) is 0 Å². The van der Waals surface area contributed by atoms with E-state index in [-0.39, 0.29) is 10.6 Å². The summed E-state index contributed by atoms with van der Waals surface area (Å²) >= 11 is 1.57. The molecule has 4 aromatic rings. The Hall–Kier alpha value is -2.70. The van der Waals surface area contributed by atoms with Gasteiger partial charge in [-0.05, 0) is 57.8 Å². The van der Waals surface area contributed by atoms with Gasteiger partial charge in [0.2, 0.25) is 0 Å². The average Bonchev–Trinajstić information content (AvgIpc) is 3.22. The predicted molar refractivity (Wildman–Crippen MR) is 109 cm³/mol. The van der Waals surface area contributed by atoms with Crippen LogP contribution in [-0.4, -0.2) is 20.5 Å². The molecule has 2 heterocycles. The maximum atomic E-state index is 13.1. The monoisotopic (exact) mass is 395 g/mol. The lowest BCUT2D eigenvalue weighted by Gasteiger charge is -2.12. The van der Waals surface area contributed by atoms with Crippen molar-refractivity contribution in [1.29, 1.82) is 0 Å². The Balaban J connectivity index is 1.74. The molecule has 0 aliphatic carbocycles. The van der Waals surface area contributed by atoms with Crippen molar-refractivity contribution in [3.8, 4) is 16.9 Å². The molecule has 4 rings (SSSR count). The van der Waals surface area contributed by atoms with E-state index in [1.807, 2.05) is 53.2 Å². The zero-order valence-electron chi connectivity index (χ0n) is 14.6. The standard InChI is InChI=1S/C21H17NO3S2/c1-25-20-7-6-16(18-8-9-26-13-18)11-21(20)27(23,24)14-15-10-17-4-2-3-5-19(17)22-12-15/h2-13H,14H2,1H3. The van der Waals surface area contributed by atoms with Gasteiger partial charge in [-0.3, -0.25) is 4.98 Å². The van der Waals surface area contributed by atoms with Crippen LogP contribution in [0, 0.1) is 0 Å². The van der Waals surface area contributed by atoms with Crippen molar-refractivity contribution in [2.75, 3.05) is 7.11 Å². The summed E-state index contributed by atoms with van der Waals surface area (Å²) in [5.74, 6) is 0.219. The number of aromatic nitrogens is 1. The van der Waals surface area contributed by atoms with Crippen LogP contribution < -0.4 is 4.74 Å². The first-order chi connectivity index (χ1) is 13.1. The summed E-state index contributed by atoms with van der Waals surface area (Å²) in [7, 11) is -2.12. The Bertz CT molecular complexity index is 1200. The van der Waals surface area contributed by atoms with E-state index in [2.05, 4.69) is 4.98 Å². The van der Waals surface area contributed by atoms with E-state index < -0.39 is 9.84 Å². The fraction of sp³-hybridized carbons (Fsp3) is 0.0952. The summed E-state index contributed by atoms with van der Waals surface area (Å²) in [6.45, 7) is 0. The van der Waals surface area contributed by atoms with Crippen molar-refractivity contribution in [3.63, 3.8) is 0 Å². The van der Waals surface area contributed by atoms with Crippen molar-refractivity contribution in [2.45, 2.75) is 10.6 Å². The van der Waals surface area contributed by atoms with Crippen molar-refractivity contribution < 1.29 is 13.2 Å². The molecule has 2 aromatic heterocycles. The SMILES string of the molecule is COc1ccc(-c2ccsc2)cc1S(=O)(=O)Cc1cnc2ccccc2c1. The molecule has 0 aliphatic rings. The van der Waals surface area contributed by atoms with Gasteiger partial charge in [0.1, 0.15) is 10.6 Å². The van der Waals surface area contributed by atoms with Crippen LogP contribution in [0.4, 0.5) is 0 Å². The van der Waals surface area contributed by atoms with E-state index in [1.54, 1.807) is 29.7 Å². The number of nitrogens with zero attached hydrogens (tertiary/aromatic N) is 1. The molecular formula is C21H17NO3S2. The van der Waals surface area contributed by atoms with Crippen molar-refractivity contribution in [3.05, 3.63) is 77.1 Å². The van der Waals surface area contributed by atoms with Crippen LogP contribution in [0.2, 0.25) is 0 Å². The maximum Gasteiger partial charge on any atom is 0.186 e. The zero-order chi connectivity index (χ0) is 18.9. The number of fused-ring (bicyclic) bond motifs is 1. The zero-order valence-corrected chi connectivity index (χ0v) is 16.3. The average molecular weight is 396 g/mol. The van der Waals surface area contributed by atoms with Gasteiger partial charge in [-0.25, -0.2) is 8.42 Å².